The van der Waals surface area contributed by atoms with Crippen molar-refractivity contribution >= 4 is 11.7 Å². The molecular weight excluding hydrogens is 326 g/mol. The van der Waals surface area contributed by atoms with Crippen molar-refractivity contribution in [1.82, 2.24) is 9.88 Å². The summed E-state index contributed by atoms with van der Waals surface area (Å²) in [5, 5.41) is 9.75. The summed E-state index contributed by atoms with van der Waals surface area (Å²) in [6.07, 6.45) is 13.6. The van der Waals surface area contributed by atoms with Gasteiger partial charge in [-0.05, 0) is 57.1 Å². The number of hydrogen-bond acceptors (Lipinski definition) is 4. The number of terminal acetylenes is 1. The number of aliphatic hydroxyl groups is 1. The zero-order valence-electron chi connectivity index (χ0n) is 15.2. The molecule has 1 aromatic rings. The third-order valence-corrected chi connectivity index (χ3v) is 6.47. The molecule has 1 atom stereocenters. The van der Waals surface area contributed by atoms with Crippen LogP contribution >= 0.6 is 0 Å². The first-order valence-corrected chi connectivity index (χ1v) is 9.79. The number of pyridine rings is 1. The minimum atomic E-state index is -0.294. The molecule has 1 aliphatic carbocycles. The van der Waals surface area contributed by atoms with Gasteiger partial charge in [0.25, 0.3) is 0 Å². The van der Waals surface area contributed by atoms with E-state index in [1.807, 2.05) is 12.1 Å². The van der Waals surface area contributed by atoms with E-state index in [9.17, 15) is 9.90 Å². The van der Waals surface area contributed by atoms with Crippen molar-refractivity contribution in [1.29, 1.82) is 0 Å². The highest BCUT2D eigenvalue weighted by molar-refractivity contribution is 5.86. The number of rotatable bonds is 2. The molecule has 1 N–H and O–H groups in total. The second-order valence-corrected chi connectivity index (χ2v) is 8.04. The van der Waals surface area contributed by atoms with Gasteiger partial charge in [0, 0.05) is 31.9 Å². The Morgan fingerprint density at radius 3 is 2.81 bits per heavy atom. The Labute approximate surface area is 155 Å². The molecule has 1 saturated carbocycles. The van der Waals surface area contributed by atoms with Crippen molar-refractivity contribution in [3.05, 3.63) is 23.9 Å². The molecule has 4 rings (SSSR count). The van der Waals surface area contributed by atoms with Crippen LogP contribution in [0.25, 0.3) is 0 Å². The van der Waals surface area contributed by atoms with Crippen LogP contribution in [0.2, 0.25) is 0 Å². The van der Waals surface area contributed by atoms with Gasteiger partial charge in [-0.1, -0.05) is 5.92 Å². The average molecular weight is 353 g/mol. The van der Waals surface area contributed by atoms with Gasteiger partial charge in [-0.15, -0.1) is 6.42 Å². The van der Waals surface area contributed by atoms with Crippen molar-refractivity contribution in [3.63, 3.8) is 0 Å². The zero-order valence-corrected chi connectivity index (χ0v) is 15.2. The maximum Gasteiger partial charge on any atom is 0.230 e. The number of nitrogens with zero attached hydrogens (tertiary/aromatic N) is 3. The van der Waals surface area contributed by atoms with Crippen LogP contribution in [0.1, 0.15) is 50.5 Å². The second-order valence-electron chi connectivity index (χ2n) is 8.04. The van der Waals surface area contributed by atoms with Crippen molar-refractivity contribution in [2.45, 2.75) is 57.1 Å². The minimum Gasteiger partial charge on any atom is -0.393 e. The Morgan fingerprint density at radius 2 is 2.04 bits per heavy atom. The quantitative estimate of drug-likeness (QED) is 0.828. The molecule has 2 aliphatic heterocycles. The monoisotopic (exact) mass is 353 g/mol. The lowest BCUT2D eigenvalue weighted by Crippen LogP contribution is -2.50. The normalized spacial score (nSPS) is 32.1. The third-order valence-electron chi connectivity index (χ3n) is 6.47. The Bertz CT molecular complexity index is 720. The van der Waals surface area contributed by atoms with E-state index in [4.69, 9.17) is 6.42 Å². The number of carbonyl (C=O) groups excluding carboxylic acids is 1. The molecule has 3 heterocycles. The van der Waals surface area contributed by atoms with Crippen LogP contribution in [0.3, 0.4) is 0 Å². The van der Waals surface area contributed by atoms with Gasteiger partial charge in [-0.2, -0.15) is 0 Å². The summed E-state index contributed by atoms with van der Waals surface area (Å²) in [7, 11) is 0. The fraction of sp³-hybridized carbons (Fsp3) is 0.619. The Kier molecular flexibility index (Phi) is 4.62. The fourth-order valence-corrected chi connectivity index (χ4v) is 5.02. The molecule has 1 unspecified atom stereocenters. The molecular formula is C21H27N3O2. The summed E-state index contributed by atoms with van der Waals surface area (Å²) in [6, 6.07) is 4.08. The van der Waals surface area contributed by atoms with Crippen LogP contribution in [0, 0.1) is 17.8 Å². The van der Waals surface area contributed by atoms with E-state index in [-0.39, 0.29) is 11.5 Å². The molecule has 26 heavy (non-hydrogen) atoms. The Balaban J connectivity index is 1.52. The van der Waals surface area contributed by atoms with Gasteiger partial charge in [0.1, 0.15) is 5.82 Å². The highest BCUT2D eigenvalue weighted by Crippen LogP contribution is 2.43. The molecule has 5 heteroatoms. The lowest BCUT2D eigenvalue weighted by atomic mass is 9.78. The first-order chi connectivity index (χ1) is 12.6. The summed E-state index contributed by atoms with van der Waals surface area (Å²) >= 11 is 0. The topological polar surface area (TPSA) is 56.7 Å². The third kappa shape index (κ3) is 2.97. The van der Waals surface area contributed by atoms with E-state index in [1.165, 1.54) is 0 Å². The van der Waals surface area contributed by atoms with Gasteiger partial charge < -0.3 is 14.9 Å². The predicted molar refractivity (Wildman–Crippen MR) is 101 cm³/mol. The summed E-state index contributed by atoms with van der Waals surface area (Å²) in [6.45, 7) is 2.46. The van der Waals surface area contributed by atoms with Crippen LogP contribution in [0.15, 0.2) is 18.3 Å². The number of aliphatic hydroxyl groups excluding tert-OH is 1. The largest absolute Gasteiger partial charge is 0.393 e. The van der Waals surface area contributed by atoms with Gasteiger partial charge in [-0.3, -0.25) is 4.79 Å². The standard InChI is InChI=1S/C21H27N3O2/c1-2-16-5-3-12-22-19(16)23-13-4-10-21(15-23)11-14-24(20(21)26)17-6-8-18(25)9-7-17/h1,3,5,12,17-18,25H,4,6-11,13-15H2. The molecule has 1 aromatic heterocycles. The zero-order chi connectivity index (χ0) is 18.1. The summed E-state index contributed by atoms with van der Waals surface area (Å²) in [5.74, 6) is 3.87. The molecule has 3 fully saturated rings. The van der Waals surface area contributed by atoms with Crippen molar-refractivity contribution in [3.8, 4) is 12.3 Å². The van der Waals surface area contributed by atoms with Crippen molar-refractivity contribution in [2.75, 3.05) is 24.5 Å². The van der Waals surface area contributed by atoms with E-state index in [0.717, 1.165) is 69.4 Å². The number of anilines is 1. The molecule has 1 spiro atoms. The maximum absolute atomic E-state index is 13.4. The lowest BCUT2D eigenvalue weighted by molar-refractivity contribution is -0.139. The van der Waals surface area contributed by atoms with Crippen molar-refractivity contribution < 1.29 is 9.90 Å². The molecule has 3 aliphatic rings. The minimum absolute atomic E-state index is 0.186. The number of hydrogen-bond donors (Lipinski definition) is 1. The smallest absolute Gasteiger partial charge is 0.230 e. The summed E-state index contributed by atoms with van der Waals surface area (Å²) < 4.78 is 0. The van der Waals surface area contributed by atoms with Gasteiger partial charge in [-0.25, -0.2) is 4.98 Å². The maximum atomic E-state index is 13.4. The highest BCUT2D eigenvalue weighted by atomic mass is 16.3. The number of aromatic nitrogens is 1. The Hall–Kier alpha value is -2.06. The van der Waals surface area contributed by atoms with Crippen LogP contribution < -0.4 is 4.90 Å². The van der Waals surface area contributed by atoms with Gasteiger partial charge in [0.05, 0.1) is 17.1 Å². The number of amides is 1. The van der Waals surface area contributed by atoms with Crippen LogP contribution in [-0.2, 0) is 4.79 Å². The first kappa shape index (κ1) is 17.4. The van der Waals surface area contributed by atoms with Gasteiger partial charge in [0.15, 0.2) is 0 Å². The fourth-order valence-electron chi connectivity index (χ4n) is 5.02. The summed E-state index contributed by atoms with van der Waals surface area (Å²) in [4.78, 5) is 22.2. The number of carbonyl (C=O) groups is 1. The van der Waals surface area contributed by atoms with E-state index in [2.05, 4.69) is 20.7 Å². The van der Waals surface area contributed by atoms with Crippen LogP contribution in [-0.4, -0.2) is 52.7 Å². The Morgan fingerprint density at radius 1 is 1.23 bits per heavy atom. The van der Waals surface area contributed by atoms with Crippen molar-refractivity contribution in [2.24, 2.45) is 5.41 Å². The highest BCUT2D eigenvalue weighted by Gasteiger charge is 2.50. The van der Waals surface area contributed by atoms with Gasteiger partial charge in [0.2, 0.25) is 5.91 Å². The first-order valence-electron chi connectivity index (χ1n) is 9.79. The number of piperidine rings is 1. The number of likely N-dealkylation sites (tertiary alicyclic amines) is 1. The van der Waals surface area contributed by atoms with E-state index < -0.39 is 0 Å². The van der Waals surface area contributed by atoms with E-state index >= 15 is 0 Å². The molecule has 5 nitrogen and oxygen atoms in total. The van der Waals surface area contributed by atoms with Gasteiger partial charge >= 0.3 is 0 Å². The molecule has 2 saturated heterocycles. The molecule has 0 bridgehead atoms. The summed E-state index contributed by atoms with van der Waals surface area (Å²) in [5.41, 5.74) is 0.505. The van der Waals surface area contributed by atoms with Crippen LogP contribution in [0.5, 0.6) is 0 Å². The molecule has 1 amide bonds. The lowest BCUT2D eigenvalue weighted by Gasteiger charge is -2.41. The van der Waals surface area contributed by atoms with E-state index in [0.29, 0.717) is 18.5 Å². The molecule has 0 aromatic carbocycles. The van der Waals surface area contributed by atoms with E-state index in [1.54, 1.807) is 6.20 Å². The average Bonchev–Trinajstić information content (AvgIpc) is 2.98. The second kappa shape index (κ2) is 6.92. The SMILES string of the molecule is C#Cc1cccnc1N1CCCC2(CCN(C3CCC(O)CC3)C2=O)C1. The molecule has 0 radical (unpaired) electrons. The molecule has 138 valence electrons. The van der Waals surface area contributed by atoms with Crippen LogP contribution in [0.4, 0.5) is 5.82 Å². The predicted octanol–water partition coefficient (Wildman–Crippen LogP) is 2.19.